The first-order valence-electron chi connectivity index (χ1n) is 12.4. The fraction of sp³-hybridized carbons (Fsp3) is 0.500. The van der Waals surface area contributed by atoms with Gasteiger partial charge in [0.2, 0.25) is 0 Å². The molecule has 2 aromatic carbocycles. The van der Waals surface area contributed by atoms with Crippen molar-refractivity contribution in [3.05, 3.63) is 48.0 Å². The maximum atomic E-state index is 13.2. The maximum absolute atomic E-state index is 13.2. The van der Waals surface area contributed by atoms with Crippen LogP contribution in [0.5, 0.6) is 5.75 Å². The van der Waals surface area contributed by atoms with Gasteiger partial charge >= 0.3 is 0 Å². The van der Waals surface area contributed by atoms with E-state index in [2.05, 4.69) is 14.9 Å². The molecule has 0 bridgehead atoms. The van der Waals surface area contributed by atoms with Gasteiger partial charge in [-0.15, -0.1) is 0 Å². The Morgan fingerprint density at radius 3 is 2.29 bits per heavy atom. The van der Waals surface area contributed by atoms with Gasteiger partial charge in [-0.1, -0.05) is 32.1 Å². The van der Waals surface area contributed by atoms with Crippen molar-refractivity contribution in [3.63, 3.8) is 0 Å². The molecular formula is C26H35N3O5S. The van der Waals surface area contributed by atoms with Gasteiger partial charge in [-0.05, 0) is 55.3 Å². The molecule has 0 radical (unpaired) electrons. The van der Waals surface area contributed by atoms with E-state index in [0.29, 0.717) is 43.3 Å². The second-order valence-electron chi connectivity index (χ2n) is 9.13. The molecule has 0 unspecified atom stereocenters. The number of nitrogens with one attached hydrogen (secondary N) is 2. The summed E-state index contributed by atoms with van der Waals surface area (Å²) >= 11 is 0. The molecule has 2 aromatic rings. The van der Waals surface area contributed by atoms with E-state index in [1.807, 2.05) is 6.07 Å². The summed E-state index contributed by atoms with van der Waals surface area (Å²) in [5.41, 5.74) is 1.55. The van der Waals surface area contributed by atoms with Crippen LogP contribution in [0.4, 0.5) is 11.4 Å². The summed E-state index contributed by atoms with van der Waals surface area (Å²) in [6.45, 7) is 2.42. The molecule has 1 saturated heterocycles. The van der Waals surface area contributed by atoms with Crippen LogP contribution >= 0.6 is 0 Å². The lowest BCUT2D eigenvalue weighted by Crippen LogP contribution is -2.37. The third-order valence-corrected chi connectivity index (χ3v) is 8.05. The predicted octanol–water partition coefficient (Wildman–Crippen LogP) is 4.18. The Morgan fingerprint density at radius 2 is 1.63 bits per heavy atom. The van der Waals surface area contributed by atoms with E-state index in [-0.39, 0.29) is 16.8 Å². The molecule has 190 valence electrons. The van der Waals surface area contributed by atoms with Gasteiger partial charge in [0.05, 0.1) is 36.6 Å². The summed E-state index contributed by atoms with van der Waals surface area (Å²) in [6.07, 6.45) is 7.88. The number of anilines is 2. The largest absolute Gasteiger partial charge is 0.497 e. The summed E-state index contributed by atoms with van der Waals surface area (Å²) in [4.78, 5) is 15.3. The molecule has 1 aliphatic heterocycles. The fourth-order valence-corrected chi connectivity index (χ4v) is 5.73. The molecule has 9 heteroatoms. The summed E-state index contributed by atoms with van der Waals surface area (Å²) in [5, 5.41) is 3.17. The molecule has 1 aliphatic carbocycles. The Hall–Kier alpha value is -2.78. The van der Waals surface area contributed by atoms with E-state index >= 15 is 0 Å². The molecule has 4 rings (SSSR count). The molecule has 1 saturated carbocycles. The number of rotatable bonds is 7. The fourth-order valence-electron chi connectivity index (χ4n) is 4.67. The van der Waals surface area contributed by atoms with Crippen LogP contribution in [-0.4, -0.2) is 53.8 Å². The lowest BCUT2D eigenvalue weighted by atomic mass is 9.96. The Balaban J connectivity index is 1.59. The molecule has 0 spiro atoms. The molecule has 1 amide bonds. The predicted molar refractivity (Wildman–Crippen MR) is 137 cm³/mol. The van der Waals surface area contributed by atoms with Crippen LogP contribution < -0.4 is 19.7 Å². The SMILES string of the molecule is COc1ccc(S(=O)(=O)Nc2cc(C(=O)NC3CCCCCCC3)ccc2N2CCOCC2)cc1. The number of methoxy groups -OCH3 is 1. The average molecular weight is 502 g/mol. The van der Waals surface area contributed by atoms with Crippen molar-refractivity contribution in [3.8, 4) is 5.75 Å². The van der Waals surface area contributed by atoms with Crippen molar-refractivity contribution >= 4 is 27.3 Å². The van der Waals surface area contributed by atoms with Crippen molar-refractivity contribution in [2.45, 2.75) is 55.9 Å². The van der Waals surface area contributed by atoms with Crippen LogP contribution in [0.25, 0.3) is 0 Å². The summed E-state index contributed by atoms with van der Waals surface area (Å²) in [5.74, 6) is 0.403. The van der Waals surface area contributed by atoms with Crippen LogP contribution in [0.3, 0.4) is 0 Å². The second kappa shape index (κ2) is 11.8. The highest BCUT2D eigenvalue weighted by molar-refractivity contribution is 7.92. The third-order valence-electron chi connectivity index (χ3n) is 6.66. The molecule has 35 heavy (non-hydrogen) atoms. The number of hydrogen-bond donors (Lipinski definition) is 2. The van der Waals surface area contributed by atoms with E-state index in [1.54, 1.807) is 24.3 Å². The highest BCUT2D eigenvalue weighted by Crippen LogP contribution is 2.31. The molecule has 8 nitrogen and oxygen atoms in total. The Kier molecular flexibility index (Phi) is 8.51. The number of carbonyl (C=O) groups is 1. The zero-order valence-corrected chi connectivity index (χ0v) is 21.1. The Labute approximate surface area is 208 Å². The number of sulfonamides is 1. The number of amides is 1. The number of morpholine rings is 1. The highest BCUT2D eigenvalue weighted by atomic mass is 32.2. The molecular weight excluding hydrogens is 466 g/mol. The van der Waals surface area contributed by atoms with Gasteiger partial charge in [0.1, 0.15) is 5.75 Å². The standard InChI is InChI=1S/C26H35N3O5S/c1-33-22-10-12-23(13-11-22)35(31,32)28-24-19-20(9-14-25(24)29-15-17-34-18-16-29)26(30)27-21-7-5-3-2-4-6-8-21/h9-14,19,21,28H,2-8,15-18H2,1H3,(H,27,30). The minimum absolute atomic E-state index is 0.121. The maximum Gasteiger partial charge on any atom is 0.261 e. The van der Waals surface area contributed by atoms with E-state index in [0.717, 1.165) is 31.4 Å². The lowest BCUT2D eigenvalue weighted by Gasteiger charge is -2.31. The molecule has 2 N–H and O–H groups in total. The van der Waals surface area contributed by atoms with E-state index in [1.165, 1.54) is 38.5 Å². The molecule has 2 fully saturated rings. The number of carbonyl (C=O) groups excluding carboxylic acids is 1. The van der Waals surface area contributed by atoms with Crippen molar-refractivity contribution in [2.75, 3.05) is 43.0 Å². The van der Waals surface area contributed by atoms with E-state index < -0.39 is 10.0 Å². The minimum atomic E-state index is -3.87. The minimum Gasteiger partial charge on any atom is -0.497 e. The number of benzene rings is 2. The van der Waals surface area contributed by atoms with Crippen LogP contribution in [0.2, 0.25) is 0 Å². The van der Waals surface area contributed by atoms with Gasteiger partial charge in [0.15, 0.2) is 0 Å². The van der Waals surface area contributed by atoms with E-state index in [9.17, 15) is 13.2 Å². The van der Waals surface area contributed by atoms with E-state index in [4.69, 9.17) is 9.47 Å². The Morgan fingerprint density at radius 1 is 0.971 bits per heavy atom. The van der Waals surface area contributed by atoms with Crippen LogP contribution in [-0.2, 0) is 14.8 Å². The first-order valence-corrected chi connectivity index (χ1v) is 13.9. The van der Waals surface area contributed by atoms with Crippen molar-refractivity contribution < 1.29 is 22.7 Å². The topological polar surface area (TPSA) is 97.0 Å². The van der Waals surface area contributed by atoms with Gasteiger partial charge < -0.3 is 19.7 Å². The van der Waals surface area contributed by atoms with Gasteiger partial charge in [-0.25, -0.2) is 8.42 Å². The first kappa shape index (κ1) is 25.3. The normalized spacial score (nSPS) is 17.8. The average Bonchev–Trinajstić information content (AvgIpc) is 2.86. The first-order chi connectivity index (χ1) is 17.0. The molecule has 2 aliphatic rings. The molecule has 0 aromatic heterocycles. The van der Waals surface area contributed by atoms with Crippen LogP contribution in [0.15, 0.2) is 47.4 Å². The number of hydrogen-bond acceptors (Lipinski definition) is 6. The smallest absolute Gasteiger partial charge is 0.261 e. The zero-order chi connectivity index (χ0) is 24.7. The van der Waals surface area contributed by atoms with Gasteiger partial charge in [0, 0.05) is 24.7 Å². The Bertz CT molecular complexity index is 1090. The monoisotopic (exact) mass is 501 g/mol. The number of nitrogens with zero attached hydrogens (tertiary/aromatic N) is 1. The third kappa shape index (κ3) is 6.67. The second-order valence-corrected chi connectivity index (χ2v) is 10.8. The number of ether oxygens (including phenoxy) is 2. The van der Waals surface area contributed by atoms with Gasteiger partial charge in [-0.3, -0.25) is 9.52 Å². The quantitative estimate of drug-likeness (QED) is 0.591. The van der Waals surface area contributed by atoms with Crippen LogP contribution in [0.1, 0.15) is 55.3 Å². The van der Waals surface area contributed by atoms with Crippen molar-refractivity contribution in [1.29, 1.82) is 0 Å². The zero-order valence-electron chi connectivity index (χ0n) is 20.3. The molecule has 0 atom stereocenters. The summed E-state index contributed by atoms with van der Waals surface area (Å²) < 4.78 is 39.7. The molecule has 1 heterocycles. The van der Waals surface area contributed by atoms with Crippen LogP contribution in [0, 0.1) is 0 Å². The van der Waals surface area contributed by atoms with Gasteiger partial charge in [0.25, 0.3) is 15.9 Å². The van der Waals surface area contributed by atoms with Crippen molar-refractivity contribution in [2.24, 2.45) is 0 Å². The van der Waals surface area contributed by atoms with Crippen molar-refractivity contribution in [1.82, 2.24) is 5.32 Å². The lowest BCUT2D eigenvalue weighted by molar-refractivity contribution is 0.0930. The summed E-state index contributed by atoms with van der Waals surface area (Å²) in [6, 6.07) is 11.6. The highest BCUT2D eigenvalue weighted by Gasteiger charge is 2.23. The summed E-state index contributed by atoms with van der Waals surface area (Å²) in [7, 11) is -2.34. The van der Waals surface area contributed by atoms with Gasteiger partial charge in [-0.2, -0.15) is 0 Å².